The Balaban J connectivity index is 1.79. The Morgan fingerprint density at radius 3 is 2.77 bits per heavy atom. The third-order valence-corrected chi connectivity index (χ3v) is 5.59. The van der Waals surface area contributed by atoms with E-state index < -0.39 is 0 Å². The number of furan rings is 1. The standard InChI is InChI=1S/C20H15BrN2O2S/c1-13-5-2-9-17-18(13)22-20(26-17)23(12-16-8-4-10-25-16)19(24)14-6-3-7-15(21)11-14/h2-11H,12H2,1H3. The second-order valence-corrected chi connectivity index (χ2v) is 7.82. The predicted octanol–water partition coefficient (Wildman–Crippen LogP) is 5.81. The summed E-state index contributed by atoms with van der Waals surface area (Å²) in [5, 5.41) is 0.663. The molecule has 2 aromatic carbocycles. The summed E-state index contributed by atoms with van der Waals surface area (Å²) in [6, 6.07) is 17.1. The molecule has 0 aliphatic rings. The van der Waals surface area contributed by atoms with Gasteiger partial charge in [0.25, 0.3) is 5.91 Å². The van der Waals surface area contributed by atoms with E-state index in [0.29, 0.717) is 23.0 Å². The maximum absolute atomic E-state index is 13.2. The van der Waals surface area contributed by atoms with Crippen LogP contribution in [0.2, 0.25) is 0 Å². The number of carbonyl (C=O) groups excluding carboxylic acids is 1. The van der Waals surface area contributed by atoms with Gasteiger partial charge < -0.3 is 4.42 Å². The molecule has 0 unspecified atom stereocenters. The second-order valence-electron chi connectivity index (χ2n) is 5.90. The Bertz CT molecular complexity index is 1070. The van der Waals surface area contributed by atoms with E-state index in [0.717, 1.165) is 20.3 Å². The van der Waals surface area contributed by atoms with E-state index in [1.165, 1.54) is 11.3 Å². The summed E-state index contributed by atoms with van der Waals surface area (Å²) in [6.45, 7) is 2.36. The Morgan fingerprint density at radius 1 is 1.19 bits per heavy atom. The van der Waals surface area contributed by atoms with E-state index >= 15 is 0 Å². The lowest BCUT2D eigenvalue weighted by Gasteiger charge is -2.19. The van der Waals surface area contributed by atoms with Gasteiger partial charge in [-0.3, -0.25) is 9.69 Å². The zero-order valence-corrected chi connectivity index (χ0v) is 16.4. The largest absolute Gasteiger partial charge is 0.467 e. The van der Waals surface area contributed by atoms with E-state index in [2.05, 4.69) is 15.9 Å². The highest BCUT2D eigenvalue weighted by molar-refractivity contribution is 9.10. The number of fused-ring (bicyclic) bond motifs is 1. The molecule has 0 saturated heterocycles. The molecule has 2 aromatic heterocycles. The van der Waals surface area contributed by atoms with Crippen LogP contribution in [0.4, 0.5) is 5.13 Å². The van der Waals surface area contributed by atoms with Gasteiger partial charge in [-0.05, 0) is 48.9 Å². The smallest absolute Gasteiger partial charge is 0.260 e. The monoisotopic (exact) mass is 426 g/mol. The lowest BCUT2D eigenvalue weighted by atomic mass is 10.2. The molecule has 1 amide bonds. The summed E-state index contributed by atoms with van der Waals surface area (Å²) < 4.78 is 7.39. The molecule has 0 spiro atoms. The molecule has 2 heterocycles. The van der Waals surface area contributed by atoms with Gasteiger partial charge in [0.05, 0.1) is 23.0 Å². The summed E-state index contributed by atoms with van der Waals surface area (Å²) >= 11 is 4.94. The minimum absolute atomic E-state index is 0.112. The van der Waals surface area contributed by atoms with Crippen molar-refractivity contribution in [2.75, 3.05) is 4.90 Å². The second kappa shape index (κ2) is 7.05. The zero-order valence-electron chi connectivity index (χ0n) is 14.0. The van der Waals surface area contributed by atoms with E-state index in [1.54, 1.807) is 17.2 Å². The van der Waals surface area contributed by atoms with Crippen LogP contribution in [0.15, 0.2) is 69.8 Å². The molecule has 130 valence electrons. The number of hydrogen-bond donors (Lipinski definition) is 0. The number of aromatic nitrogens is 1. The molecule has 6 heteroatoms. The molecule has 0 N–H and O–H groups in total. The van der Waals surface area contributed by atoms with Crippen LogP contribution in [0.1, 0.15) is 21.7 Å². The first-order valence-corrected chi connectivity index (χ1v) is 9.69. The van der Waals surface area contributed by atoms with Crippen molar-refractivity contribution < 1.29 is 9.21 Å². The average molecular weight is 427 g/mol. The third kappa shape index (κ3) is 3.30. The number of benzene rings is 2. The normalized spacial score (nSPS) is 11.0. The summed E-state index contributed by atoms with van der Waals surface area (Å²) in [7, 11) is 0. The molecule has 4 rings (SSSR count). The van der Waals surface area contributed by atoms with Gasteiger partial charge in [-0.2, -0.15) is 0 Å². The van der Waals surface area contributed by atoms with Crippen molar-refractivity contribution in [1.82, 2.24) is 4.98 Å². The number of rotatable bonds is 4. The maximum atomic E-state index is 13.2. The van der Waals surface area contributed by atoms with E-state index in [4.69, 9.17) is 9.40 Å². The van der Waals surface area contributed by atoms with Crippen LogP contribution in [-0.2, 0) is 6.54 Å². The third-order valence-electron chi connectivity index (χ3n) is 4.05. The molecular weight excluding hydrogens is 412 g/mol. The Labute approximate surface area is 163 Å². The SMILES string of the molecule is Cc1cccc2sc(N(Cc3ccco3)C(=O)c3cccc(Br)c3)nc12. The molecule has 26 heavy (non-hydrogen) atoms. The number of hydrogen-bond acceptors (Lipinski definition) is 4. The van der Waals surface area contributed by atoms with Crippen molar-refractivity contribution in [2.24, 2.45) is 0 Å². The van der Waals surface area contributed by atoms with Gasteiger partial charge in [-0.15, -0.1) is 0 Å². The first-order chi connectivity index (χ1) is 12.6. The van der Waals surface area contributed by atoms with E-state index in [1.807, 2.05) is 55.5 Å². The predicted molar refractivity (Wildman–Crippen MR) is 108 cm³/mol. The Kier molecular flexibility index (Phi) is 4.61. The highest BCUT2D eigenvalue weighted by atomic mass is 79.9. The number of anilines is 1. The van der Waals surface area contributed by atoms with Crippen LogP contribution in [0.5, 0.6) is 0 Å². The molecule has 0 saturated carbocycles. The van der Waals surface area contributed by atoms with Crippen molar-refractivity contribution >= 4 is 48.5 Å². The van der Waals surface area contributed by atoms with Crippen LogP contribution in [0.3, 0.4) is 0 Å². The first kappa shape index (κ1) is 17.0. The molecule has 0 radical (unpaired) electrons. The molecule has 0 aliphatic carbocycles. The number of aryl methyl sites for hydroxylation is 1. The number of thiazole rings is 1. The van der Waals surface area contributed by atoms with Crippen LogP contribution in [0.25, 0.3) is 10.2 Å². The summed E-state index contributed by atoms with van der Waals surface area (Å²) in [5.41, 5.74) is 2.62. The number of amides is 1. The molecule has 4 nitrogen and oxygen atoms in total. The first-order valence-electron chi connectivity index (χ1n) is 8.08. The van der Waals surface area contributed by atoms with Gasteiger partial charge in [-0.1, -0.05) is 45.5 Å². The number of nitrogens with zero attached hydrogens (tertiary/aromatic N) is 2. The number of halogens is 1. The van der Waals surface area contributed by atoms with Crippen molar-refractivity contribution in [3.63, 3.8) is 0 Å². The van der Waals surface area contributed by atoms with Gasteiger partial charge in [0.1, 0.15) is 5.76 Å². The van der Waals surface area contributed by atoms with Crippen molar-refractivity contribution in [3.05, 3.63) is 82.2 Å². The number of carbonyl (C=O) groups is 1. The average Bonchev–Trinajstić information content (AvgIpc) is 3.29. The maximum Gasteiger partial charge on any atom is 0.260 e. The summed E-state index contributed by atoms with van der Waals surface area (Å²) in [5.74, 6) is 0.601. The van der Waals surface area contributed by atoms with Crippen LogP contribution in [-0.4, -0.2) is 10.9 Å². The van der Waals surface area contributed by atoms with Crippen molar-refractivity contribution in [3.8, 4) is 0 Å². The minimum Gasteiger partial charge on any atom is -0.467 e. The Hall–Kier alpha value is -2.44. The molecule has 0 atom stereocenters. The lowest BCUT2D eigenvalue weighted by Crippen LogP contribution is -2.30. The van der Waals surface area contributed by atoms with Gasteiger partial charge in [0, 0.05) is 10.0 Å². The van der Waals surface area contributed by atoms with Crippen LogP contribution in [0, 0.1) is 6.92 Å². The van der Waals surface area contributed by atoms with E-state index in [-0.39, 0.29) is 5.91 Å². The fraction of sp³-hybridized carbons (Fsp3) is 0.100. The lowest BCUT2D eigenvalue weighted by molar-refractivity contribution is 0.0983. The highest BCUT2D eigenvalue weighted by Gasteiger charge is 2.23. The Morgan fingerprint density at radius 2 is 2.04 bits per heavy atom. The van der Waals surface area contributed by atoms with Crippen molar-refractivity contribution in [1.29, 1.82) is 0 Å². The molecule has 0 aliphatic heterocycles. The topological polar surface area (TPSA) is 46.3 Å². The minimum atomic E-state index is -0.112. The van der Waals surface area contributed by atoms with Crippen LogP contribution < -0.4 is 4.90 Å². The number of para-hydroxylation sites is 1. The molecule has 4 aromatic rings. The van der Waals surface area contributed by atoms with E-state index in [9.17, 15) is 4.79 Å². The van der Waals surface area contributed by atoms with Gasteiger partial charge in [0.15, 0.2) is 5.13 Å². The fourth-order valence-corrected chi connectivity index (χ4v) is 4.19. The van der Waals surface area contributed by atoms with Gasteiger partial charge in [-0.25, -0.2) is 4.98 Å². The molecular formula is C20H15BrN2O2S. The van der Waals surface area contributed by atoms with Gasteiger partial charge in [0.2, 0.25) is 0 Å². The van der Waals surface area contributed by atoms with Crippen LogP contribution >= 0.6 is 27.3 Å². The fourth-order valence-electron chi connectivity index (χ4n) is 2.75. The highest BCUT2D eigenvalue weighted by Crippen LogP contribution is 2.32. The quantitative estimate of drug-likeness (QED) is 0.413. The summed E-state index contributed by atoms with van der Waals surface area (Å²) in [6.07, 6.45) is 1.61. The van der Waals surface area contributed by atoms with Gasteiger partial charge >= 0.3 is 0 Å². The van der Waals surface area contributed by atoms with Crippen molar-refractivity contribution in [2.45, 2.75) is 13.5 Å². The zero-order chi connectivity index (χ0) is 18.1. The molecule has 0 bridgehead atoms. The molecule has 0 fully saturated rings. The summed E-state index contributed by atoms with van der Waals surface area (Å²) in [4.78, 5) is 19.6.